The number of hydrogen-bond acceptors (Lipinski definition) is 6. The molecule has 0 fully saturated rings. The predicted molar refractivity (Wildman–Crippen MR) is 110 cm³/mol. The molecule has 146 valence electrons. The number of para-hydroxylation sites is 1. The molecular weight excluding hydrogens is 398 g/mol. The van der Waals surface area contributed by atoms with Gasteiger partial charge in [0, 0.05) is 12.3 Å². The summed E-state index contributed by atoms with van der Waals surface area (Å²) in [6.07, 6.45) is 0. The van der Waals surface area contributed by atoms with Crippen molar-refractivity contribution in [2.75, 3.05) is 20.3 Å². The van der Waals surface area contributed by atoms with Crippen molar-refractivity contribution in [3.8, 4) is 28.6 Å². The van der Waals surface area contributed by atoms with E-state index >= 15 is 0 Å². The molecule has 0 atom stereocenters. The summed E-state index contributed by atoms with van der Waals surface area (Å²) in [7, 11) is 1.66. The number of thioether (sulfide) groups is 1. The third-order valence-corrected chi connectivity index (χ3v) is 5.72. The van der Waals surface area contributed by atoms with E-state index in [1.54, 1.807) is 18.9 Å². The Hall–Kier alpha value is -2.38. The molecule has 2 heterocycles. The van der Waals surface area contributed by atoms with Crippen molar-refractivity contribution in [1.29, 1.82) is 0 Å². The van der Waals surface area contributed by atoms with Gasteiger partial charge < -0.3 is 18.8 Å². The molecule has 4 rings (SSSR count). The first-order valence-corrected chi connectivity index (χ1v) is 10.3. The summed E-state index contributed by atoms with van der Waals surface area (Å²) in [5.41, 5.74) is 1.97. The van der Waals surface area contributed by atoms with Crippen molar-refractivity contribution in [3.63, 3.8) is 0 Å². The zero-order valence-corrected chi connectivity index (χ0v) is 17.2. The van der Waals surface area contributed by atoms with E-state index < -0.39 is 0 Å². The van der Waals surface area contributed by atoms with Crippen LogP contribution in [0, 0.1) is 0 Å². The van der Waals surface area contributed by atoms with E-state index in [1.807, 2.05) is 36.4 Å². The van der Waals surface area contributed by atoms with Crippen LogP contribution in [0.5, 0.6) is 17.2 Å². The normalized spacial score (nSPS) is 12.8. The van der Waals surface area contributed by atoms with Gasteiger partial charge in [-0.25, -0.2) is 0 Å². The largest absolute Gasteiger partial charge is 0.496 e. The molecule has 0 unspecified atom stereocenters. The van der Waals surface area contributed by atoms with Crippen LogP contribution in [-0.4, -0.2) is 35.1 Å². The van der Waals surface area contributed by atoms with Gasteiger partial charge in [0.1, 0.15) is 19.0 Å². The topological polar surface area (TPSA) is 58.4 Å². The van der Waals surface area contributed by atoms with E-state index in [2.05, 4.69) is 21.7 Å². The summed E-state index contributed by atoms with van der Waals surface area (Å²) in [5, 5.41) is 10.2. The quantitative estimate of drug-likeness (QED) is 0.542. The lowest BCUT2D eigenvalue weighted by Gasteiger charge is -2.20. The second kappa shape index (κ2) is 8.32. The molecule has 0 saturated carbocycles. The van der Waals surface area contributed by atoms with E-state index in [-0.39, 0.29) is 0 Å². The predicted octanol–water partition coefficient (Wildman–Crippen LogP) is 4.69. The molecule has 0 radical (unpaired) electrons. The first kappa shape index (κ1) is 19.0. The molecule has 0 aliphatic carbocycles. The fourth-order valence-corrected chi connectivity index (χ4v) is 4.32. The maximum absolute atomic E-state index is 6.34. The molecule has 8 heteroatoms. The highest BCUT2D eigenvalue weighted by Gasteiger charge is 2.19. The standard InChI is InChI=1S/C20H20ClN3O3S/c1-3-24-19(14-6-4-5-7-16(14)25-2)22-23-20(24)28-12-13-10-15(21)18-17(11-13)26-8-9-27-18/h4-7,10-11H,3,8-9,12H2,1-2H3. The molecule has 0 spiro atoms. The SMILES string of the molecule is CCn1c(SCc2cc(Cl)c3c(c2)OCCO3)nnc1-c1ccccc1OC. The molecule has 0 amide bonds. The minimum atomic E-state index is 0.520. The van der Waals surface area contributed by atoms with Crippen molar-refractivity contribution < 1.29 is 14.2 Å². The summed E-state index contributed by atoms with van der Waals surface area (Å²) < 4.78 is 18.8. The highest BCUT2D eigenvalue weighted by atomic mass is 35.5. The zero-order chi connectivity index (χ0) is 19.5. The van der Waals surface area contributed by atoms with E-state index in [0.29, 0.717) is 35.5 Å². The Labute approximate surface area is 172 Å². The maximum atomic E-state index is 6.34. The van der Waals surface area contributed by atoms with E-state index in [0.717, 1.165) is 34.4 Å². The first-order valence-electron chi connectivity index (χ1n) is 8.98. The van der Waals surface area contributed by atoms with Crippen molar-refractivity contribution >= 4 is 23.4 Å². The third kappa shape index (κ3) is 3.64. The van der Waals surface area contributed by atoms with Crippen LogP contribution in [0.3, 0.4) is 0 Å². The number of halogens is 1. The molecule has 6 nitrogen and oxygen atoms in total. The highest BCUT2D eigenvalue weighted by Crippen LogP contribution is 2.40. The van der Waals surface area contributed by atoms with Gasteiger partial charge in [-0.2, -0.15) is 0 Å². The van der Waals surface area contributed by atoms with E-state index in [9.17, 15) is 0 Å². The van der Waals surface area contributed by atoms with E-state index in [1.165, 1.54) is 0 Å². The molecule has 0 bridgehead atoms. The number of benzene rings is 2. The van der Waals surface area contributed by atoms with Crippen LogP contribution in [0.2, 0.25) is 5.02 Å². The molecule has 0 N–H and O–H groups in total. The van der Waals surface area contributed by atoms with Crippen molar-refractivity contribution in [1.82, 2.24) is 14.8 Å². The van der Waals surface area contributed by atoms with Crippen LogP contribution >= 0.6 is 23.4 Å². The average molecular weight is 418 g/mol. The van der Waals surface area contributed by atoms with Crippen molar-refractivity contribution in [3.05, 3.63) is 47.0 Å². The second-order valence-corrected chi connectivity index (χ2v) is 7.49. The monoisotopic (exact) mass is 417 g/mol. The Morgan fingerprint density at radius 3 is 2.82 bits per heavy atom. The maximum Gasteiger partial charge on any atom is 0.191 e. The van der Waals surface area contributed by atoms with Crippen LogP contribution in [0.4, 0.5) is 0 Å². The number of fused-ring (bicyclic) bond motifs is 1. The van der Waals surface area contributed by atoms with Gasteiger partial charge in [0.25, 0.3) is 0 Å². The lowest BCUT2D eigenvalue weighted by Crippen LogP contribution is -2.15. The minimum Gasteiger partial charge on any atom is -0.496 e. The number of methoxy groups -OCH3 is 1. The number of aromatic nitrogens is 3. The summed E-state index contributed by atoms with van der Waals surface area (Å²) in [5.74, 6) is 3.58. The van der Waals surface area contributed by atoms with Crippen molar-refractivity contribution in [2.24, 2.45) is 0 Å². The van der Waals surface area contributed by atoms with Gasteiger partial charge in [-0.05, 0) is 36.8 Å². The van der Waals surface area contributed by atoms with Gasteiger partial charge >= 0.3 is 0 Å². The number of nitrogens with zero attached hydrogens (tertiary/aromatic N) is 3. The summed E-state index contributed by atoms with van der Waals surface area (Å²) in [6, 6.07) is 11.7. The number of hydrogen-bond donors (Lipinski definition) is 0. The molecule has 28 heavy (non-hydrogen) atoms. The van der Waals surface area contributed by atoms with Gasteiger partial charge in [-0.3, -0.25) is 0 Å². The minimum absolute atomic E-state index is 0.520. The smallest absolute Gasteiger partial charge is 0.191 e. The highest BCUT2D eigenvalue weighted by molar-refractivity contribution is 7.98. The molecular formula is C20H20ClN3O3S. The summed E-state index contributed by atoms with van der Waals surface area (Å²) in [6.45, 7) is 3.89. The van der Waals surface area contributed by atoms with Crippen molar-refractivity contribution in [2.45, 2.75) is 24.4 Å². The summed E-state index contributed by atoms with van der Waals surface area (Å²) >= 11 is 7.95. The fraction of sp³-hybridized carbons (Fsp3) is 0.300. The van der Waals surface area contributed by atoms with E-state index in [4.69, 9.17) is 25.8 Å². The lowest BCUT2D eigenvalue weighted by molar-refractivity contribution is 0.171. The summed E-state index contributed by atoms with van der Waals surface area (Å²) in [4.78, 5) is 0. The van der Waals surface area contributed by atoms with Crippen LogP contribution in [0.15, 0.2) is 41.6 Å². The molecule has 2 aromatic carbocycles. The average Bonchev–Trinajstić information content (AvgIpc) is 3.15. The Kier molecular flexibility index (Phi) is 5.64. The lowest BCUT2D eigenvalue weighted by atomic mass is 10.2. The van der Waals surface area contributed by atoms with Gasteiger partial charge in [-0.15, -0.1) is 10.2 Å². The zero-order valence-electron chi connectivity index (χ0n) is 15.6. The second-order valence-electron chi connectivity index (χ2n) is 6.14. The van der Waals surface area contributed by atoms with Crippen LogP contribution in [-0.2, 0) is 12.3 Å². The molecule has 3 aromatic rings. The van der Waals surface area contributed by atoms with Gasteiger partial charge in [0.05, 0.1) is 17.7 Å². The van der Waals surface area contributed by atoms with Crippen LogP contribution in [0.25, 0.3) is 11.4 Å². The van der Waals surface area contributed by atoms with Crippen LogP contribution in [0.1, 0.15) is 12.5 Å². The Bertz CT molecular complexity index is 993. The van der Waals surface area contributed by atoms with Gasteiger partial charge in [0.2, 0.25) is 0 Å². The molecule has 1 aliphatic rings. The third-order valence-electron chi connectivity index (χ3n) is 4.41. The molecule has 1 aliphatic heterocycles. The first-order chi connectivity index (χ1) is 13.7. The molecule has 1 aromatic heterocycles. The number of rotatable bonds is 6. The number of ether oxygens (including phenoxy) is 3. The fourth-order valence-electron chi connectivity index (χ4n) is 3.10. The van der Waals surface area contributed by atoms with Crippen LogP contribution < -0.4 is 14.2 Å². The molecule has 0 saturated heterocycles. The Balaban J connectivity index is 1.58. The Morgan fingerprint density at radius 1 is 1.18 bits per heavy atom. The Morgan fingerprint density at radius 2 is 2.00 bits per heavy atom. The van der Waals surface area contributed by atoms with Gasteiger partial charge in [-0.1, -0.05) is 35.5 Å². The van der Waals surface area contributed by atoms with Gasteiger partial charge in [0.15, 0.2) is 22.5 Å².